The molecule has 0 bridgehead atoms. The van der Waals surface area contributed by atoms with Gasteiger partial charge in [0.05, 0.1) is 6.54 Å². The molecule has 0 spiro atoms. The molecule has 1 aliphatic heterocycles. The number of rotatable bonds is 5. The molecule has 0 aliphatic carbocycles. The molecule has 2 rings (SSSR count). The normalized spacial score (nSPS) is 19.9. The van der Waals surface area contributed by atoms with Crippen molar-refractivity contribution in [1.82, 2.24) is 10.2 Å². The maximum absolute atomic E-state index is 5.88. The molecular weight excluding hydrogens is 280 g/mol. The van der Waals surface area contributed by atoms with E-state index < -0.39 is 0 Å². The SMILES string of the molecule is Cc1oc(CNC(C)C)cc1CN1CCSC(C)(C)CC1. The minimum atomic E-state index is 0.423. The van der Waals surface area contributed by atoms with Gasteiger partial charge in [-0.1, -0.05) is 27.7 Å². The molecule has 2 heterocycles. The van der Waals surface area contributed by atoms with Crippen LogP contribution in [0.5, 0.6) is 0 Å². The smallest absolute Gasteiger partial charge is 0.118 e. The van der Waals surface area contributed by atoms with Crippen LogP contribution in [0.1, 0.15) is 51.2 Å². The van der Waals surface area contributed by atoms with E-state index in [0.29, 0.717) is 10.8 Å². The lowest BCUT2D eigenvalue weighted by Gasteiger charge is -2.22. The van der Waals surface area contributed by atoms with Gasteiger partial charge in [-0.15, -0.1) is 0 Å². The van der Waals surface area contributed by atoms with E-state index in [0.717, 1.165) is 24.6 Å². The number of nitrogens with one attached hydrogen (secondary N) is 1. The quantitative estimate of drug-likeness (QED) is 0.895. The van der Waals surface area contributed by atoms with Crippen molar-refractivity contribution in [3.05, 3.63) is 23.2 Å². The number of hydrogen-bond acceptors (Lipinski definition) is 4. The molecule has 120 valence electrons. The summed E-state index contributed by atoms with van der Waals surface area (Å²) in [4.78, 5) is 2.57. The topological polar surface area (TPSA) is 28.4 Å². The van der Waals surface area contributed by atoms with Crippen molar-refractivity contribution in [2.75, 3.05) is 18.8 Å². The van der Waals surface area contributed by atoms with E-state index in [1.165, 1.54) is 30.8 Å². The van der Waals surface area contributed by atoms with Gasteiger partial charge in [0.2, 0.25) is 0 Å². The molecular formula is C17H30N2OS. The van der Waals surface area contributed by atoms with E-state index in [4.69, 9.17) is 4.42 Å². The molecule has 1 saturated heterocycles. The second-order valence-electron chi connectivity index (χ2n) is 6.96. The van der Waals surface area contributed by atoms with Crippen LogP contribution in [0.15, 0.2) is 10.5 Å². The molecule has 0 atom stereocenters. The Morgan fingerprint density at radius 2 is 2.14 bits per heavy atom. The van der Waals surface area contributed by atoms with Crippen LogP contribution in [0.3, 0.4) is 0 Å². The first-order valence-corrected chi connectivity index (χ1v) is 9.02. The standard InChI is InChI=1S/C17H30N2OS/c1-13(2)18-11-16-10-15(14(3)20-16)12-19-7-6-17(4,5)21-9-8-19/h10,13,18H,6-9,11-12H2,1-5H3. The number of hydrogen-bond donors (Lipinski definition) is 1. The maximum Gasteiger partial charge on any atom is 0.118 e. The van der Waals surface area contributed by atoms with Crippen LogP contribution in [-0.4, -0.2) is 34.5 Å². The molecule has 4 heteroatoms. The first kappa shape index (κ1) is 16.9. The Kier molecular flexibility index (Phi) is 5.81. The monoisotopic (exact) mass is 310 g/mol. The highest BCUT2D eigenvalue weighted by Gasteiger charge is 2.24. The Morgan fingerprint density at radius 3 is 2.86 bits per heavy atom. The lowest BCUT2D eigenvalue weighted by Crippen LogP contribution is -2.26. The van der Waals surface area contributed by atoms with E-state index in [1.807, 2.05) is 0 Å². The second kappa shape index (κ2) is 7.21. The van der Waals surface area contributed by atoms with E-state index in [2.05, 4.69) is 62.7 Å². The highest BCUT2D eigenvalue weighted by molar-refractivity contribution is 8.00. The summed E-state index contributed by atoms with van der Waals surface area (Å²) >= 11 is 2.10. The summed E-state index contributed by atoms with van der Waals surface area (Å²) in [7, 11) is 0. The summed E-state index contributed by atoms with van der Waals surface area (Å²) in [6, 6.07) is 2.72. The lowest BCUT2D eigenvalue weighted by molar-refractivity contribution is 0.274. The fraction of sp³-hybridized carbons (Fsp3) is 0.765. The zero-order valence-corrected chi connectivity index (χ0v) is 15.0. The van der Waals surface area contributed by atoms with Crippen molar-refractivity contribution in [3.63, 3.8) is 0 Å². The van der Waals surface area contributed by atoms with Crippen LogP contribution in [0, 0.1) is 6.92 Å². The summed E-state index contributed by atoms with van der Waals surface area (Å²) in [6.45, 7) is 15.3. The van der Waals surface area contributed by atoms with Gasteiger partial charge in [-0.2, -0.15) is 11.8 Å². The van der Waals surface area contributed by atoms with Gasteiger partial charge in [-0.25, -0.2) is 0 Å². The van der Waals surface area contributed by atoms with Gasteiger partial charge in [0, 0.05) is 35.2 Å². The summed E-state index contributed by atoms with van der Waals surface area (Å²) in [5, 5.41) is 3.42. The number of nitrogens with zero attached hydrogens (tertiary/aromatic N) is 1. The van der Waals surface area contributed by atoms with Gasteiger partial charge in [0.1, 0.15) is 11.5 Å². The number of aryl methyl sites for hydroxylation is 1. The molecule has 1 aromatic rings. The predicted molar refractivity (Wildman–Crippen MR) is 91.9 cm³/mol. The van der Waals surface area contributed by atoms with Crippen molar-refractivity contribution < 1.29 is 4.42 Å². The molecule has 0 amide bonds. The van der Waals surface area contributed by atoms with Crippen LogP contribution in [0.4, 0.5) is 0 Å². The Hall–Kier alpha value is -0.450. The van der Waals surface area contributed by atoms with Gasteiger partial charge >= 0.3 is 0 Å². The van der Waals surface area contributed by atoms with Crippen molar-refractivity contribution in [2.24, 2.45) is 0 Å². The Labute approximate surface area is 133 Å². The van der Waals surface area contributed by atoms with Gasteiger partial charge in [-0.05, 0) is 26.0 Å². The zero-order valence-electron chi connectivity index (χ0n) is 14.2. The van der Waals surface area contributed by atoms with Crippen LogP contribution in [0.2, 0.25) is 0 Å². The average Bonchev–Trinajstić information content (AvgIpc) is 2.64. The minimum Gasteiger partial charge on any atom is -0.465 e. The fourth-order valence-electron chi connectivity index (χ4n) is 2.60. The largest absolute Gasteiger partial charge is 0.465 e. The van der Waals surface area contributed by atoms with Crippen molar-refractivity contribution in [1.29, 1.82) is 0 Å². The van der Waals surface area contributed by atoms with Crippen LogP contribution < -0.4 is 5.32 Å². The summed E-state index contributed by atoms with van der Waals surface area (Å²) < 4.78 is 6.31. The number of thioether (sulfide) groups is 1. The average molecular weight is 311 g/mol. The van der Waals surface area contributed by atoms with Gasteiger partial charge in [0.25, 0.3) is 0 Å². The second-order valence-corrected chi connectivity index (χ2v) is 8.77. The van der Waals surface area contributed by atoms with Crippen molar-refractivity contribution in [2.45, 2.75) is 64.9 Å². The molecule has 1 fully saturated rings. The van der Waals surface area contributed by atoms with Crippen LogP contribution in [0.25, 0.3) is 0 Å². The third-order valence-electron chi connectivity index (χ3n) is 4.08. The van der Waals surface area contributed by atoms with Gasteiger partial charge < -0.3 is 9.73 Å². The Morgan fingerprint density at radius 1 is 1.38 bits per heavy atom. The summed E-state index contributed by atoms with van der Waals surface area (Å²) in [6.07, 6.45) is 1.26. The fourth-order valence-corrected chi connectivity index (χ4v) is 3.74. The van der Waals surface area contributed by atoms with Gasteiger partial charge in [0.15, 0.2) is 0 Å². The van der Waals surface area contributed by atoms with Crippen molar-refractivity contribution in [3.8, 4) is 0 Å². The molecule has 0 aromatic carbocycles. The first-order valence-electron chi connectivity index (χ1n) is 8.03. The molecule has 21 heavy (non-hydrogen) atoms. The van der Waals surface area contributed by atoms with E-state index in [-0.39, 0.29) is 0 Å². The molecule has 1 aliphatic rings. The van der Waals surface area contributed by atoms with E-state index in [1.54, 1.807) is 0 Å². The first-order chi connectivity index (χ1) is 9.85. The molecule has 0 unspecified atom stereocenters. The van der Waals surface area contributed by atoms with E-state index in [9.17, 15) is 0 Å². The van der Waals surface area contributed by atoms with Crippen LogP contribution >= 0.6 is 11.8 Å². The molecule has 1 N–H and O–H groups in total. The molecule has 3 nitrogen and oxygen atoms in total. The highest BCUT2D eigenvalue weighted by atomic mass is 32.2. The zero-order chi connectivity index (χ0) is 15.5. The third-order valence-corrected chi connectivity index (χ3v) is 5.45. The molecule has 1 aromatic heterocycles. The van der Waals surface area contributed by atoms with Crippen LogP contribution in [-0.2, 0) is 13.1 Å². The van der Waals surface area contributed by atoms with E-state index >= 15 is 0 Å². The van der Waals surface area contributed by atoms with Gasteiger partial charge in [-0.3, -0.25) is 4.90 Å². The minimum absolute atomic E-state index is 0.423. The Bertz CT molecular complexity index is 454. The molecule has 0 saturated carbocycles. The Balaban J connectivity index is 1.93. The number of furan rings is 1. The summed E-state index contributed by atoms with van der Waals surface area (Å²) in [5.41, 5.74) is 1.35. The summed E-state index contributed by atoms with van der Waals surface area (Å²) in [5.74, 6) is 3.36. The van der Waals surface area contributed by atoms with Crippen molar-refractivity contribution >= 4 is 11.8 Å². The molecule has 0 radical (unpaired) electrons. The predicted octanol–water partition coefficient (Wildman–Crippen LogP) is 3.80. The highest BCUT2D eigenvalue weighted by Crippen LogP contribution is 2.31. The maximum atomic E-state index is 5.88. The third kappa shape index (κ3) is 5.35. The lowest BCUT2D eigenvalue weighted by atomic mass is 10.1.